The summed E-state index contributed by atoms with van der Waals surface area (Å²) in [4.78, 5) is 15.5. The van der Waals surface area contributed by atoms with Gasteiger partial charge in [0.25, 0.3) is 5.69 Å². The normalized spacial score (nSPS) is 11.1. The van der Waals surface area contributed by atoms with Gasteiger partial charge in [-0.25, -0.2) is 0 Å². The van der Waals surface area contributed by atoms with Crippen LogP contribution in [0.25, 0.3) is 0 Å². The topological polar surface area (TPSA) is 78.6 Å². The summed E-state index contributed by atoms with van der Waals surface area (Å²) < 4.78 is 0. The first-order valence-corrected chi connectivity index (χ1v) is 8.74. The van der Waals surface area contributed by atoms with Gasteiger partial charge in [-0.05, 0) is 28.8 Å². The molecule has 116 valence electrons. The fourth-order valence-electron chi connectivity index (χ4n) is 1.68. The van der Waals surface area contributed by atoms with Gasteiger partial charge in [0.05, 0.1) is 4.92 Å². The summed E-state index contributed by atoms with van der Waals surface area (Å²) in [6, 6.07) is 6.54. The van der Waals surface area contributed by atoms with Gasteiger partial charge < -0.3 is 5.11 Å². The predicted octanol–water partition coefficient (Wildman–Crippen LogP) is 3.74. The summed E-state index contributed by atoms with van der Waals surface area (Å²) in [6.45, 7) is 0.537. The maximum atomic E-state index is 11.8. The third kappa shape index (κ3) is 4.72. The van der Waals surface area contributed by atoms with Crippen molar-refractivity contribution >= 4 is 46.6 Å². The highest BCUT2D eigenvalue weighted by atomic mass is 35.5. The Labute approximate surface area is 140 Å². The van der Waals surface area contributed by atoms with Crippen molar-refractivity contribution in [1.29, 1.82) is 0 Å². The Morgan fingerprint density at radius 2 is 2.27 bits per heavy atom. The molecular formula is C14H12ClN2O3S2-. The molecule has 1 aromatic carbocycles. The Kier molecular flexibility index (Phi) is 6.23. The van der Waals surface area contributed by atoms with Crippen LogP contribution in [0.4, 0.5) is 5.69 Å². The Hall–Kier alpha value is -1.57. The van der Waals surface area contributed by atoms with Crippen molar-refractivity contribution in [2.24, 2.45) is 4.99 Å². The van der Waals surface area contributed by atoms with Crippen molar-refractivity contribution in [3.05, 3.63) is 55.2 Å². The van der Waals surface area contributed by atoms with Crippen molar-refractivity contribution in [1.82, 2.24) is 0 Å². The lowest BCUT2D eigenvalue weighted by atomic mass is 10.2. The zero-order valence-corrected chi connectivity index (χ0v) is 13.8. The molecule has 0 amide bonds. The number of rotatable bonds is 7. The smallest absolute Gasteiger partial charge is 0.263 e. The lowest BCUT2D eigenvalue weighted by Gasteiger charge is -2.10. The molecule has 0 aliphatic heterocycles. The Morgan fingerprint density at radius 3 is 2.95 bits per heavy atom. The first-order chi connectivity index (χ1) is 10.6. The Balaban J connectivity index is 1.88. The number of thiophene rings is 1. The monoisotopic (exact) mass is 355 g/mol. The molecule has 0 unspecified atom stereocenters. The van der Waals surface area contributed by atoms with Gasteiger partial charge in [0.1, 0.15) is 0 Å². The molecule has 0 aliphatic rings. The molecule has 0 N–H and O–H groups in total. The molecule has 0 fully saturated rings. The molecule has 1 heterocycles. The first-order valence-electron chi connectivity index (χ1n) is 6.33. The number of nitrogens with zero attached hydrogens (tertiary/aromatic N) is 2. The third-order valence-electron chi connectivity index (χ3n) is 2.68. The molecule has 8 heteroatoms. The van der Waals surface area contributed by atoms with Gasteiger partial charge in [-0.15, -0.1) is 11.3 Å². The van der Waals surface area contributed by atoms with Gasteiger partial charge in [0.2, 0.25) is 0 Å². The average Bonchev–Trinajstić information content (AvgIpc) is 2.98. The SMILES string of the molecule is O=[N+]([O-])c1cc(Cl)cc(C=NCCSCc2cccs2)c1[O-]. The van der Waals surface area contributed by atoms with Crippen molar-refractivity contribution in [2.45, 2.75) is 5.75 Å². The first kappa shape index (κ1) is 16.8. The van der Waals surface area contributed by atoms with Crippen LogP contribution in [0.3, 0.4) is 0 Å². The van der Waals surface area contributed by atoms with Crippen molar-refractivity contribution in [3.63, 3.8) is 0 Å². The summed E-state index contributed by atoms with van der Waals surface area (Å²) in [5.74, 6) is 1.08. The van der Waals surface area contributed by atoms with E-state index in [1.807, 2.05) is 11.4 Å². The van der Waals surface area contributed by atoms with E-state index < -0.39 is 16.4 Å². The van der Waals surface area contributed by atoms with Gasteiger partial charge in [0.15, 0.2) is 0 Å². The maximum absolute atomic E-state index is 11.8. The molecule has 0 saturated heterocycles. The molecule has 0 saturated carbocycles. The summed E-state index contributed by atoms with van der Waals surface area (Å²) in [5, 5.41) is 24.8. The number of benzene rings is 1. The number of thioether (sulfide) groups is 1. The molecule has 1 aromatic heterocycles. The van der Waals surface area contributed by atoms with Gasteiger partial charge in [0, 0.05) is 40.2 Å². The van der Waals surface area contributed by atoms with E-state index in [9.17, 15) is 15.2 Å². The van der Waals surface area contributed by atoms with Crippen LogP contribution >= 0.6 is 34.7 Å². The second-order valence-corrected chi connectivity index (χ2v) is 6.84. The lowest BCUT2D eigenvalue weighted by molar-refractivity contribution is -0.398. The number of nitro benzene ring substituents is 1. The van der Waals surface area contributed by atoms with Crippen LogP contribution in [0, 0.1) is 10.1 Å². The highest BCUT2D eigenvalue weighted by molar-refractivity contribution is 7.98. The van der Waals surface area contributed by atoms with Gasteiger partial charge in [-0.2, -0.15) is 11.8 Å². The van der Waals surface area contributed by atoms with Crippen molar-refractivity contribution < 1.29 is 10.0 Å². The fourth-order valence-corrected chi connectivity index (χ4v) is 3.59. The quantitative estimate of drug-likeness (QED) is 0.328. The van der Waals surface area contributed by atoms with Crippen LogP contribution in [0.15, 0.2) is 34.6 Å². The Bertz CT molecular complexity index is 675. The zero-order valence-electron chi connectivity index (χ0n) is 11.4. The van der Waals surface area contributed by atoms with E-state index in [0.717, 1.165) is 17.6 Å². The molecule has 0 aliphatic carbocycles. The van der Waals surface area contributed by atoms with E-state index in [4.69, 9.17) is 11.6 Å². The van der Waals surface area contributed by atoms with Crippen LogP contribution in [-0.4, -0.2) is 23.4 Å². The van der Waals surface area contributed by atoms with Crippen LogP contribution in [-0.2, 0) is 5.75 Å². The van der Waals surface area contributed by atoms with Gasteiger partial charge in [-0.3, -0.25) is 15.1 Å². The van der Waals surface area contributed by atoms with E-state index in [1.165, 1.54) is 17.2 Å². The molecule has 2 aromatic rings. The fraction of sp³-hybridized carbons (Fsp3) is 0.214. The second kappa shape index (κ2) is 8.17. The van der Waals surface area contributed by atoms with Crippen LogP contribution in [0.2, 0.25) is 5.02 Å². The molecule has 0 spiro atoms. The number of halogens is 1. The number of aliphatic imine (C=N–C) groups is 1. The van der Waals surface area contributed by atoms with Crippen molar-refractivity contribution in [3.8, 4) is 5.75 Å². The zero-order chi connectivity index (χ0) is 15.9. The summed E-state index contributed by atoms with van der Waals surface area (Å²) >= 11 is 9.24. The molecule has 0 atom stereocenters. The van der Waals surface area contributed by atoms with Crippen LogP contribution in [0.5, 0.6) is 5.75 Å². The minimum atomic E-state index is -0.734. The molecule has 2 rings (SSSR count). The standard InChI is InChI=1S/C14H13ClN2O3S2/c15-11-6-10(14(18)13(7-11)17(19)20)8-16-3-5-21-9-12-2-1-4-22-12/h1-2,4,6-8,18H,3,5,9H2/p-1. The van der Waals surface area contributed by atoms with Crippen LogP contribution < -0.4 is 5.11 Å². The maximum Gasteiger partial charge on any atom is 0.263 e. The molecule has 0 bridgehead atoms. The predicted molar refractivity (Wildman–Crippen MR) is 90.5 cm³/mol. The Morgan fingerprint density at radius 1 is 1.45 bits per heavy atom. The van der Waals surface area contributed by atoms with Crippen LogP contribution in [0.1, 0.15) is 10.4 Å². The van der Waals surface area contributed by atoms with E-state index >= 15 is 0 Å². The van der Waals surface area contributed by atoms with Gasteiger partial charge in [-0.1, -0.05) is 17.7 Å². The minimum absolute atomic E-state index is 0.141. The van der Waals surface area contributed by atoms with E-state index in [1.54, 1.807) is 23.1 Å². The molecule has 0 radical (unpaired) electrons. The summed E-state index contributed by atoms with van der Waals surface area (Å²) in [6.07, 6.45) is 1.35. The third-order valence-corrected chi connectivity index (χ3v) is 4.94. The molecule has 22 heavy (non-hydrogen) atoms. The van der Waals surface area contributed by atoms with E-state index in [2.05, 4.69) is 11.1 Å². The van der Waals surface area contributed by atoms with Gasteiger partial charge >= 0.3 is 0 Å². The van der Waals surface area contributed by atoms with E-state index in [0.29, 0.717) is 6.54 Å². The highest BCUT2D eigenvalue weighted by Gasteiger charge is 2.11. The molecule has 5 nitrogen and oxygen atoms in total. The number of nitro groups is 1. The second-order valence-electron chi connectivity index (χ2n) is 4.27. The lowest BCUT2D eigenvalue weighted by Crippen LogP contribution is -2.02. The molecular weight excluding hydrogens is 344 g/mol. The summed E-state index contributed by atoms with van der Waals surface area (Å²) in [5.41, 5.74) is -0.386. The number of hydrogen-bond acceptors (Lipinski definition) is 6. The highest BCUT2D eigenvalue weighted by Crippen LogP contribution is 2.30. The minimum Gasteiger partial charge on any atom is -0.867 e. The number of hydrogen-bond donors (Lipinski definition) is 0. The van der Waals surface area contributed by atoms with Crippen molar-refractivity contribution in [2.75, 3.05) is 12.3 Å². The largest absolute Gasteiger partial charge is 0.867 e. The summed E-state index contributed by atoms with van der Waals surface area (Å²) in [7, 11) is 0. The average molecular weight is 356 g/mol. The van der Waals surface area contributed by atoms with E-state index in [-0.39, 0.29) is 10.6 Å².